The van der Waals surface area contributed by atoms with E-state index in [2.05, 4.69) is 10.6 Å². The van der Waals surface area contributed by atoms with Gasteiger partial charge < -0.3 is 20.1 Å². The fourth-order valence-electron chi connectivity index (χ4n) is 4.39. The molecule has 8 nitrogen and oxygen atoms in total. The number of benzene rings is 2. The quantitative estimate of drug-likeness (QED) is 0.156. The molecule has 0 aliphatic carbocycles. The third-order valence-electron chi connectivity index (χ3n) is 6.58. The summed E-state index contributed by atoms with van der Waals surface area (Å²) in [6.07, 6.45) is 0.405. The summed E-state index contributed by atoms with van der Waals surface area (Å²) in [5.41, 5.74) is 5.90. The maximum Gasteiger partial charge on any atom is 0.341 e. The molecule has 0 atom stereocenters. The highest BCUT2D eigenvalue weighted by atomic mass is 32.1. The summed E-state index contributed by atoms with van der Waals surface area (Å²) in [6, 6.07) is 15.5. The molecule has 0 unspecified atom stereocenters. The van der Waals surface area contributed by atoms with Crippen molar-refractivity contribution in [3.63, 3.8) is 0 Å². The Balaban J connectivity index is 1.40. The normalized spacial score (nSPS) is 10.7. The predicted molar refractivity (Wildman–Crippen MR) is 172 cm³/mol. The smallest absolute Gasteiger partial charge is 0.341 e. The summed E-state index contributed by atoms with van der Waals surface area (Å²) in [5, 5.41) is 10.1. The number of thiophene rings is 2. The van der Waals surface area contributed by atoms with Crippen LogP contribution < -0.4 is 10.6 Å². The van der Waals surface area contributed by atoms with Gasteiger partial charge in [-0.3, -0.25) is 9.59 Å². The van der Waals surface area contributed by atoms with Gasteiger partial charge in [-0.25, -0.2) is 9.59 Å². The molecule has 0 radical (unpaired) electrons. The first-order valence-electron chi connectivity index (χ1n) is 14.0. The number of esters is 2. The van der Waals surface area contributed by atoms with Crippen LogP contribution in [0, 0.1) is 13.8 Å². The highest BCUT2D eigenvalue weighted by Gasteiger charge is 2.24. The van der Waals surface area contributed by atoms with Gasteiger partial charge >= 0.3 is 11.9 Å². The first-order valence-corrected chi connectivity index (χ1v) is 15.8. The molecule has 10 heteroatoms. The van der Waals surface area contributed by atoms with Gasteiger partial charge in [-0.1, -0.05) is 59.7 Å². The van der Waals surface area contributed by atoms with Crippen molar-refractivity contribution in [3.05, 3.63) is 81.5 Å². The zero-order valence-corrected chi connectivity index (χ0v) is 26.2. The Morgan fingerprint density at radius 2 is 1.00 bits per heavy atom. The minimum Gasteiger partial charge on any atom is -0.462 e. The second-order valence-corrected chi connectivity index (χ2v) is 11.6. The van der Waals surface area contributed by atoms with Crippen molar-refractivity contribution in [2.24, 2.45) is 0 Å². The van der Waals surface area contributed by atoms with Crippen LogP contribution in [0.25, 0.3) is 22.3 Å². The molecule has 0 bridgehead atoms. The van der Waals surface area contributed by atoms with E-state index in [-0.39, 0.29) is 44.3 Å². The summed E-state index contributed by atoms with van der Waals surface area (Å²) in [5.74, 6) is -1.65. The summed E-state index contributed by atoms with van der Waals surface area (Å²) in [6.45, 7) is 7.84. The Labute approximate surface area is 259 Å². The topological polar surface area (TPSA) is 111 Å². The van der Waals surface area contributed by atoms with E-state index in [4.69, 9.17) is 9.47 Å². The summed E-state index contributed by atoms with van der Waals surface area (Å²) in [4.78, 5) is 51.3. The maximum atomic E-state index is 12.8. The van der Waals surface area contributed by atoms with Gasteiger partial charge in [0, 0.05) is 34.7 Å². The van der Waals surface area contributed by atoms with Gasteiger partial charge in [0.2, 0.25) is 11.8 Å². The molecule has 4 aromatic rings. The number of carbonyl (C=O) groups is 4. The van der Waals surface area contributed by atoms with Crippen molar-refractivity contribution >= 4 is 56.4 Å². The van der Waals surface area contributed by atoms with Gasteiger partial charge in [-0.05, 0) is 45.2 Å². The fourth-order valence-corrected chi connectivity index (χ4v) is 6.34. The fraction of sp³-hybridized carbons (Fsp3) is 0.273. The SMILES string of the molecule is CCOC(=O)c1c(-c2ccc(C)cc2)csc1NC(=O)CCCC(=O)Nc1scc(-c2ccc(C)cc2)c1C(=O)OCC. The van der Waals surface area contributed by atoms with E-state index in [1.165, 1.54) is 22.7 Å². The van der Waals surface area contributed by atoms with Crippen molar-refractivity contribution < 1.29 is 28.7 Å². The van der Waals surface area contributed by atoms with Crippen LogP contribution in [-0.4, -0.2) is 37.0 Å². The molecule has 2 N–H and O–H groups in total. The van der Waals surface area contributed by atoms with Crippen molar-refractivity contribution in [1.82, 2.24) is 0 Å². The van der Waals surface area contributed by atoms with Gasteiger partial charge in [0.1, 0.15) is 21.1 Å². The number of aryl methyl sites for hydroxylation is 2. The van der Waals surface area contributed by atoms with Gasteiger partial charge in [0.25, 0.3) is 0 Å². The maximum absolute atomic E-state index is 12.8. The monoisotopic (exact) mass is 618 g/mol. The Bertz CT molecular complexity index is 1480. The average Bonchev–Trinajstić information content (AvgIpc) is 3.58. The van der Waals surface area contributed by atoms with Crippen molar-refractivity contribution in [2.75, 3.05) is 23.8 Å². The lowest BCUT2D eigenvalue weighted by Gasteiger charge is -2.10. The van der Waals surface area contributed by atoms with E-state index >= 15 is 0 Å². The first-order chi connectivity index (χ1) is 20.7. The van der Waals surface area contributed by atoms with Gasteiger partial charge in [-0.2, -0.15) is 0 Å². The second kappa shape index (κ2) is 14.8. The van der Waals surface area contributed by atoms with Crippen molar-refractivity contribution in [1.29, 1.82) is 0 Å². The molecule has 224 valence electrons. The van der Waals surface area contributed by atoms with Crippen LogP contribution >= 0.6 is 22.7 Å². The summed E-state index contributed by atoms with van der Waals surface area (Å²) >= 11 is 2.51. The highest BCUT2D eigenvalue weighted by molar-refractivity contribution is 7.15. The molecule has 43 heavy (non-hydrogen) atoms. The lowest BCUT2D eigenvalue weighted by molar-refractivity contribution is -0.117. The molecule has 0 fully saturated rings. The van der Waals surface area contributed by atoms with Crippen molar-refractivity contribution in [3.8, 4) is 22.3 Å². The molecule has 0 spiro atoms. The molecule has 2 aromatic heterocycles. The van der Waals surface area contributed by atoms with Gasteiger partial charge in [0.15, 0.2) is 0 Å². The Morgan fingerprint density at radius 1 is 0.628 bits per heavy atom. The van der Waals surface area contributed by atoms with E-state index in [1.807, 2.05) is 73.1 Å². The largest absolute Gasteiger partial charge is 0.462 e. The molecular formula is C33H34N2O6S2. The van der Waals surface area contributed by atoms with Crippen molar-refractivity contribution in [2.45, 2.75) is 47.0 Å². The molecule has 2 heterocycles. The zero-order valence-electron chi connectivity index (χ0n) is 24.6. The molecule has 2 amide bonds. The summed E-state index contributed by atoms with van der Waals surface area (Å²) < 4.78 is 10.5. The lowest BCUT2D eigenvalue weighted by Crippen LogP contribution is -2.17. The molecule has 0 saturated carbocycles. The van der Waals surface area contributed by atoms with Crippen LogP contribution in [0.15, 0.2) is 59.3 Å². The van der Waals surface area contributed by atoms with E-state index in [9.17, 15) is 19.2 Å². The lowest BCUT2D eigenvalue weighted by atomic mass is 10.0. The molecule has 0 saturated heterocycles. The summed E-state index contributed by atoms with van der Waals surface area (Å²) in [7, 11) is 0. The Kier molecular flexibility index (Phi) is 10.9. The van der Waals surface area contributed by atoms with Crippen LogP contribution in [0.5, 0.6) is 0 Å². The molecule has 4 rings (SSSR count). The molecular weight excluding hydrogens is 585 g/mol. The predicted octanol–water partition coefficient (Wildman–Crippen LogP) is 7.86. The number of anilines is 2. The first kappa shape index (κ1) is 31.7. The highest BCUT2D eigenvalue weighted by Crippen LogP contribution is 2.38. The Morgan fingerprint density at radius 3 is 1.35 bits per heavy atom. The number of ether oxygens (including phenoxy) is 2. The van der Waals surface area contributed by atoms with E-state index in [0.717, 1.165) is 22.3 Å². The second-order valence-electron chi connectivity index (χ2n) is 9.83. The number of hydrogen-bond acceptors (Lipinski definition) is 8. The standard InChI is InChI=1S/C33H34N2O6S2/c1-5-40-32(38)28-24(22-14-10-20(3)11-15-22)18-42-30(28)34-26(36)8-7-9-27(37)35-31-29(33(39)41-6-2)25(19-43-31)23-16-12-21(4)13-17-23/h10-19H,5-9H2,1-4H3,(H,34,36)(H,35,37). The van der Waals surface area contributed by atoms with Crippen LogP contribution in [0.4, 0.5) is 10.0 Å². The van der Waals surface area contributed by atoms with Crippen LogP contribution in [0.3, 0.4) is 0 Å². The number of rotatable bonds is 12. The molecule has 2 aromatic carbocycles. The third-order valence-corrected chi connectivity index (χ3v) is 8.37. The Hall–Kier alpha value is -4.28. The van der Waals surface area contributed by atoms with Gasteiger partial charge in [-0.15, -0.1) is 22.7 Å². The van der Waals surface area contributed by atoms with Crippen LogP contribution in [0.1, 0.15) is 65.0 Å². The van der Waals surface area contributed by atoms with Gasteiger partial charge in [0.05, 0.1) is 13.2 Å². The van der Waals surface area contributed by atoms with E-state index in [1.54, 1.807) is 13.8 Å². The average molecular weight is 619 g/mol. The molecule has 0 aliphatic rings. The number of nitrogens with one attached hydrogen (secondary N) is 2. The minimum absolute atomic E-state index is 0.0667. The van der Waals surface area contributed by atoms with E-state index in [0.29, 0.717) is 32.3 Å². The van der Waals surface area contributed by atoms with Crippen LogP contribution in [-0.2, 0) is 19.1 Å². The molecule has 0 aliphatic heterocycles. The number of hydrogen-bond donors (Lipinski definition) is 2. The van der Waals surface area contributed by atoms with Crippen LogP contribution in [0.2, 0.25) is 0 Å². The number of carbonyl (C=O) groups excluding carboxylic acids is 4. The minimum atomic E-state index is -0.507. The third kappa shape index (κ3) is 7.97. The number of amides is 2. The zero-order chi connectivity index (χ0) is 30.9. The van der Waals surface area contributed by atoms with E-state index < -0.39 is 11.9 Å².